The molecule has 0 radical (unpaired) electrons. The molecular weight excluding hydrogens is 254 g/mol. The van der Waals surface area contributed by atoms with Gasteiger partial charge in [0.05, 0.1) is 6.54 Å². The van der Waals surface area contributed by atoms with Crippen molar-refractivity contribution in [3.63, 3.8) is 0 Å². The molecule has 19 heavy (non-hydrogen) atoms. The third-order valence-corrected chi connectivity index (χ3v) is 2.74. The summed E-state index contributed by atoms with van der Waals surface area (Å²) in [7, 11) is 0. The Bertz CT molecular complexity index is 523. The fourth-order valence-electron chi connectivity index (χ4n) is 1.76. The topological polar surface area (TPSA) is 49.4 Å². The van der Waals surface area contributed by atoms with Gasteiger partial charge in [0.15, 0.2) is 0 Å². The molecule has 1 heterocycles. The molecule has 2 amide bonds. The molecule has 1 aliphatic heterocycles. The molecule has 1 saturated heterocycles. The number of hydrogen-bond acceptors (Lipinski definition) is 2. The van der Waals surface area contributed by atoms with E-state index in [1.165, 1.54) is 11.0 Å². The van der Waals surface area contributed by atoms with E-state index < -0.39 is 17.5 Å². The highest BCUT2D eigenvalue weighted by Gasteiger charge is 2.19. The lowest BCUT2D eigenvalue weighted by atomic mass is 10.2. The number of nitrogens with one attached hydrogen (secondary N) is 1. The Balaban J connectivity index is 2.10. The number of hydrogen-bond donors (Lipinski definition) is 1. The number of rotatable bonds is 2. The van der Waals surface area contributed by atoms with Crippen LogP contribution in [0.4, 0.5) is 8.78 Å². The third-order valence-electron chi connectivity index (χ3n) is 2.74. The van der Waals surface area contributed by atoms with Gasteiger partial charge >= 0.3 is 0 Å². The summed E-state index contributed by atoms with van der Waals surface area (Å²) >= 11 is 0. The molecule has 0 bridgehead atoms. The molecule has 2 rings (SSSR count). The van der Waals surface area contributed by atoms with Crippen LogP contribution in [0.5, 0.6) is 0 Å². The lowest BCUT2D eigenvalue weighted by molar-refractivity contribution is -0.134. The molecule has 4 nitrogen and oxygen atoms in total. The maximum absolute atomic E-state index is 13.3. The quantitative estimate of drug-likeness (QED) is 0.810. The first-order chi connectivity index (χ1) is 9.08. The second-order valence-electron chi connectivity index (χ2n) is 4.08. The second-order valence-corrected chi connectivity index (χ2v) is 4.08. The summed E-state index contributed by atoms with van der Waals surface area (Å²) in [5, 5.41) is 2.58. The molecule has 0 atom stereocenters. The fraction of sp³-hybridized carbons (Fsp3) is 0.231. The highest BCUT2D eigenvalue weighted by atomic mass is 19.1. The van der Waals surface area contributed by atoms with Crippen LogP contribution in [0, 0.1) is 11.6 Å². The van der Waals surface area contributed by atoms with Crippen molar-refractivity contribution in [1.82, 2.24) is 10.2 Å². The number of amides is 2. The lowest BCUT2D eigenvalue weighted by Crippen LogP contribution is -2.49. The summed E-state index contributed by atoms with van der Waals surface area (Å²) < 4.78 is 26.6. The van der Waals surface area contributed by atoms with E-state index in [-0.39, 0.29) is 18.0 Å². The van der Waals surface area contributed by atoms with Gasteiger partial charge in [0, 0.05) is 24.7 Å². The molecule has 1 fully saturated rings. The fourth-order valence-corrected chi connectivity index (χ4v) is 1.76. The molecule has 1 aromatic rings. The molecular formula is C13H12F2N2O2. The van der Waals surface area contributed by atoms with Crippen molar-refractivity contribution in [2.75, 3.05) is 19.6 Å². The van der Waals surface area contributed by atoms with Gasteiger partial charge in [-0.3, -0.25) is 9.59 Å². The maximum Gasteiger partial charge on any atom is 0.247 e. The number of halogens is 2. The van der Waals surface area contributed by atoms with Crippen LogP contribution in [-0.4, -0.2) is 36.3 Å². The Morgan fingerprint density at radius 3 is 2.63 bits per heavy atom. The summed E-state index contributed by atoms with van der Waals surface area (Å²) in [6.45, 7) is 0.726. The minimum Gasteiger partial charge on any atom is -0.353 e. The van der Waals surface area contributed by atoms with Crippen LogP contribution in [0.3, 0.4) is 0 Å². The van der Waals surface area contributed by atoms with Gasteiger partial charge in [0.1, 0.15) is 11.6 Å². The molecule has 1 aliphatic rings. The Hall–Kier alpha value is -2.24. The normalized spacial score (nSPS) is 15.7. The number of carbonyl (C=O) groups excluding carboxylic acids is 2. The van der Waals surface area contributed by atoms with Crippen molar-refractivity contribution in [1.29, 1.82) is 0 Å². The van der Waals surface area contributed by atoms with Crippen LogP contribution in [0.2, 0.25) is 0 Å². The predicted octanol–water partition coefficient (Wildman–Crippen LogP) is 0.936. The van der Waals surface area contributed by atoms with Crippen molar-refractivity contribution in [2.24, 2.45) is 0 Å². The Labute approximate surface area is 108 Å². The SMILES string of the molecule is O=C1CN(C(=O)/C=C/c2c(F)cccc2F)CCN1. The molecule has 0 saturated carbocycles. The number of piperazine rings is 1. The van der Waals surface area contributed by atoms with Crippen molar-refractivity contribution in [3.8, 4) is 0 Å². The summed E-state index contributed by atoms with van der Waals surface area (Å²) in [5.41, 5.74) is -0.266. The molecule has 0 aliphatic carbocycles. The van der Waals surface area contributed by atoms with E-state index in [2.05, 4.69) is 5.32 Å². The Morgan fingerprint density at radius 2 is 2.00 bits per heavy atom. The molecule has 100 valence electrons. The predicted molar refractivity (Wildman–Crippen MR) is 65.0 cm³/mol. The zero-order valence-electron chi connectivity index (χ0n) is 10.0. The zero-order valence-corrected chi connectivity index (χ0v) is 10.0. The van der Waals surface area contributed by atoms with Crippen LogP contribution in [0.1, 0.15) is 5.56 Å². The van der Waals surface area contributed by atoms with Crippen LogP contribution >= 0.6 is 0 Å². The average Bonchev–Trinajstić information content (AvgIpc) is 2.38. The zero-order chi connectivity index (χ0) is 13.8. The van der Waals surface area contributed by atoms with Crippen molar-refractivity contribution in [3.05, 3.63) is 41.5 Å². The van der Waals surface area contributed by atoms with E-state index in [1.807, 2.05) is 0 Å². The molecule has 6 heteroatoms. The van der Waals surface area contributed by atoms with Crippen LogP contribution < -0.4 is 5.32 Å². The molecule has 0 unspecified atom stereocenters. The first kappa shape index (κ1) is 13.2. The van der Waals surface area contributed by atoms with E-state index in [1.54, 1.807) is 0 Å². The van der Waals surface area contributed by atoms with Gasteiger partial charge in [0.2, 0.25) is 11.8 Å². The van der Waals surface area contributed by atoms with Gasteiger partial charge in [-0.2, -0.15) is 0 Å². The summed E-state index contributed by atoms with van der Waals surface area (Å²) in [6.07, 6.45) is 2.15. The smallest absolute Gasteiger partial charge is 0.247 e. The highest BCUT2D eigenvalue weighted by Crippen LogP contribution is 2.13. The number of benzene rings is 1. The number of carbonyl (C=O) groups is 2. The highest BCUT2D eigenvalue weighted by molar-refractivity contribution is 5.95. The Morgan fingerprint density at radius 1 is 1.32 bits per heavy atom. The second kappa shape index (κ2) is 5.60. The summed E-state index contributed by atoms with van der Waals surface area (Å²) in [5.74, 6) is -2.16. The first-order valence-electron chi connectivity index (χ1n) is 5.75. The summed E-state index contributed by atoms with van der Waals surface area (Å²) in [6, 6.07) is 3.47. The van der Waals surface area contributed by atoms with Crippen LogP contribution in [-0.2, 0) is 9.59 Å². The molecule has 1 N–H and O–H groups in total. The average molecular weight is 266 g/mol. The number of nitrogens with zero attached hydrogens (tertiary/aromatic N) is 1. The van der Waals surface area contributed by atoms with Crippen LogP contribution in [0.15, 0.2) is 24.3 Å². The van der Waals surface area contributed by atoms with Crippen molar-refractivity contribution >= 4 is 17.9 Å². The molecule has 1 aromatic carbocycles. The molecule has 0 spiro atoms. The lowest BCUT2D eigenvalue weighted by Gasteiger charge is -2.25. The summed E-state index contributed by atoms with van der Waals surface area (Å²) in [4.78, 5) is 24.2. The largest absolute Gasteiger partial charge is 0.353 e. The van der Waals surface area contributed by atoms with E-state index >= 15 is 0 Å². The van der Waals surface area contributed by atoms with Gasteiger partial charge in [0.25, 0.3) is 0 Å². The Kier molecular flexibility index (Phi) is 3.89. The standard InChI is InChI=1S/C13H12F2N2O2/c14-10-2-1-3-11(15)9(10)4-5-13(19)17-7-6-16-12(18)8-17/h1-5H,6-8H2,(H,16,18)/b5-4+. The monoisotopic (exact) mass is 266 g/mol. The third kappa shape index (κ3) is 3.15. The van der Waals surface area contributed by atoms with E-state index in [0.717, 1.165) is 24.3 Å². The van der Waals surface area contributed by atoms with Gasteiger partial charge in [-0.15, -0.1) is 0 Å². The minimum absolute atomic E-state index is 0.0388. The van der Waals surface area contributed by atoms with Gasteiger partial charge in [-0.1, -0.05) is 6.07 Å². The first-order valence-corrected chi connectivity index (χ1v) is 5.75. The van der Waals surface area contributed by atoms with Crippen molar-refractivity contribution in [2.45, 2.75) is 0 Å². The van der Waals surface area contributed by atoms with Crippen LogP contribution in [0.25, 0.3) is 6.08 Å². The molecule has 0 aromatic heterocycles. The van der Waals surface area contributed by atoms with E-state index in [4.69, 9.17) is 0 Å². The maximum atomic E-state index is 13.3. The van der Waals surface area contributed by atoms with Gasteiger partial charge < -0.3 is 10.2 Å². The van der Waals surface area contributed by atoms with Crippen molar-refractivity contribution < 1.29 is 18.4 Å². The van der Waals surface area contributed by atoms with Gasteiger partial charge in [-0.25, -0.2) is 8.78 Å². The minimum atomic E-state index is -0.736. The van der Waals surface area contributed by atoms with E-state index in [9.17, 15) is 18.4 Å². The van der Waals surface area contributed by atoms with E-state index in [0.29, 0.717) is 13.1 Å². The van der Waals surface area contributed by atoms with Gasteiger partial charge in [-0.05, 0) is 18.2 Å².